The highest BCUT2D eigenvalue weighted by Crippen LogP contribution is 2.38. The third kappa shape index (κ3) is 17.9. The van der Waals surface area contributed by atoms with Crippen molar-refractivity contribution in [3.8, 4) is 23.0 Å². The number of nitrogens with two attached hydrogens (primary N) is 2. The van der Waals surface area contributed by atoms with E-state index in [1.165, 1.54) is 24.3 Å². The van der Waals surface area contributed by atoms with Crippen LogP contribution in [0.1, 0.15) is 35.8 Å². The van der Waals surface area contributed by atoms with E-state index in [2.05, 4.69) is 47.2 Å². The second kappa shape index (κ2) is 34.9. The van der Waals surface area contributed by atoms with Crippen LogP contribution in [0.15, 0.2) is 113 Å². The maximum Gasteiger partial charge on any atom is 0.246 e. The monoisotopic (exact) mass is 1500 g/mol. The van der Waals surface area contributed by atoms with Crippen molar-refractivity contribution in [1.82, 2.24) is 42.1 Å². The Bertz CT molecular complexity index is 3800. The van der Waals surface area contributed by atoms with Crippen LogP contribution in [0.2, 0.25) is 0 Å². The van der Waals surface area contributed by atoms with Gasteiger partial charge in [-0.3, -0.25) is 38.8 Å². The van der Waals surface area contributed by atoms with Gasteiger partial charge in [-0.1, -0.05) is 61.5 Å². The van der Waals surface area contributed by atoms with Crippen LogP contribution >= 0.6 is 0 Å². The maximum absolute atomic E-state index is 15.2. The third-order valence-corrected chi connectivity index (χ3v) is 19.4. The molecule has 39 heteroatoms. The smallest absolute Gasteiger partial charge is 0.246 e. The molecule has 0 spiro atoms. The van der Waals surface area contributed by atoms with E-state index in [-0.39, 0.29) is 30.4 Å². The number of hydrogen-bond donors (Lipinski definition) is 21. The molecule has 582 valence electrons. The largest absolute Gasteiger partial charge is 0.497 e. The average Bonchev–Trinajstić information content (AvgIpc) is 1.58. The molecule has 7 heterocycles. The van der Waals surface area contributed by atoms with Crippen LogP contribution in [0.4, 0.5) is 0 Å². The Morgan fingerprint density at radius 1 is 0.579 bits per heavy atom. The third-order valence-electron chi connectivity index (χ3n) is 19.4. The van der Waals surface area contributed by atoms with Gasteiger partial charge in [0, 0.05) is 17.9 Å². The summed E-state index contributed by atoms with van der Waals surface area (Å²) in [6.45, 7) is -3.31. The number of fused-ring (bicyclic) bond motifs is 1. The molecule has 7 aliphatic rings. The number of nitrogens with one attached hydrogen (secondary N) is 7. The molecule has 6 amide bonds. The van der Waals surface area contributed by atoms with E-state index >= 15 is 9.59 Å². The number of guanidine groups is 2. The van der Waals surface area contributed by atoms with Crippen molar-refractivity contribution in [2.24, 2.45) is 21.5 Å². The zero-order valence-corrected chi connectivity index (χ0v) is 57.5. The summed E-state index contributed by atoms with van der Waals surface area (Å²) in [5.41, 5.74) is 13.4. The fourth-order valence-electron chi connectivity index (χ4n) is 13.4. The van der Waals surface area contributed by atoms with Gasteiger partial charge in [-0.05, 0) is 59.7 Å². The number of ether oxygens (including phenoxy) is 9. The van der Waals surface area contributed by atoms with Crippen molar-refractivity contribution >= 4 is 47.4 Å². The predicted molar refractivity (Wildman–Crippen MR) is 363 cm³/mol. The first-order valence-corrected chi connectivity index (χ1v) is 34.3. The van der Waals surface area contributed by atoms with Gasteiger partial charge in [0.2, 0.25) is 41.7 Å². The summed E-state index contributed by atoms with van der Waals surface area (Å²) in [4.78, 5) is 96.8. The van der Waals surface area contributed by atoms with Crippen LogP contribution in [-0.4, -0.2) is 313 Å². The first-order chi connectivity index (χ1) is 51.3. The van der Waals surface area contributed by atoms with E-state index in [0.29, 0.717) is 28.4 Å². The second-order valence-corrected chi connectivity index (χ2v) is 26.5. The predicted octanol–water partition coefficient (Wildman–Crippen LogP) is -9.05. The molecule has 0 radical (unpaired) electrons. The Morgan fingerprint density at radius 2 is 1.23 bits per heavy atom. The number of carbonyl (C=O) groups is 6. The molecule has 11 rings (SSSR count). The molecule has 7 aliphatic heterocycles. The lowest BCUT2D eigenvalue weighted by molar-refractivity contribution is -0.383. The summed E-state index contributed by atoms with van der Waals surface area (Å²) >= 11 is 0. The van der Waals surface area contributed by atoms with E-state index in [1.54, 1.807) is 92.9 Å². The summed E-state index contributed by atoms with van der Waals surface area (Å²) in [6, 6.07) is 14.7. The van der Waals surface area contributed by atoms with Gasteiger partial charge in [-0.2, -0.15) is 0 Å². The van der Waals surface area contributed by atoms with Crippen LogP contribution < -0.4 is 62.9 Å². The summed E-state index contributed by atoms with van der Waals surface area (Å²) in [6.07, 6.45) is -31.3. The number of aliphatic hydroxyl groups excluding tert-OH is 12. The SMILES string of the molecule is COc1ccc(Oc2cccc(C3OCC4OC(OC5C(CO)OC(Oc6ccc(CC7NC(=O)C(C(C)c8ccccc8)NC(=O)CNC(=O)C(CO)NC(=O)C(C(O)C8CN=C(N)N8C8OC(CO)C(O)C(O)C8O)NC(=O)C(C(O)C8CN=C(N)N8)NC7=O)cc6)C(O)C5O)C(O)C(O)C4O3)c2)cc1. The minimum absolute atomic E-state index is 0.0576. The normalized spacial score (nSPS) is 34.9. The first kappa shape index (κ1) is 79.0. The quantitative estimate of drug-likeness (QED) is 0.0391. The Morgan fingerprint density at radius 3 is 1.92 bits per heavy atom. The van der Waals surface area contributed by atoms with Crippen LogP contribution in [0.25, 0.3) is 0 Å². The molecule has 0 aromatic heterocycles. The number of hydrogen-bond acceptors (Lipinski definition) is 33. The van der Waals surface area contributed by atoms with E-state index in [4.69, 9.17) is 54.1 Å². The van der Waals surface area contributed by atoms with Gasteiger partial charge in [-0.25, -0.2) is 0 Å². The number of amides is 6. The number of carbonyl (C=O) groups excluding carboxylic acids is 6. The molecule has 26 unspecified atom stereocenters. The van der Waals surface area contributed by atoms with Gasteiger partial charge in [0.25, 0.3) is 0 Å². The number of aliphatic hydroxyl groups is 12. The van der Waals surface area contributed by atoms with Crippen LogP contribution in [0.5, 0.6) is 23.0 Å². The van der Waals surface area contributed by atoms with Crippen molar-refractivity contribution in [3.05, 3.63) is 120 Å². The van der Waals surface area contributed by atoms with Crippen LogP contribution in [0.3, 0.4) is 0 Å². The van der Waals surface area contributed by atoms with Gasteiger partial charge >= 0.3 is 0 Å². The van der Waals surface area contributed by atoms with E-state index in [9.17, 15) is 80.5 Å². The number of aliphatic imine (C=N–C) groups is 2. The Kier molecular flexibility index (Phi) is 25.7. The molecule has 39 nitrogen and oxygen atoms in total. The molecule has 4 aromatic carbocycles. The summed E-state index contributed by atoms with van der Waals surface area (Å²) in [7, 11) is 1.54. The molecule has 5 fully saturated rings. The Balaban J connectivity index is 0.817. The molecular weight excluding hydrogens is 1420 g/mol. The number of rotatable bonds is 20. The van der Waals surface area contributed by atoms with Gasteiger partial charge in [0.15, 0.2) is 30.7 Å². The molecule has 107 heavy (non-hydrogen) atoms. The van der Waals surface area contributed by atoms with Crippen molar-refractivity contribution < 1.29 is 133 Å². The molecule has 23 N–H and O–H groups in total. The standard InChI is InChI=1S/C68H88N12O27/c1-28(30-7-4-3-5-8-30)44-60(96)74-36(19-29-11-13-34(14-12-29)102-65-54(92)51(89)56(41(26-83)104-65)107-66-55(93)52(90)57-42(105-66)27-100-64(106-57)31-9-6-10-35(20-31)101-33-17-15-32(99-2)16-18-33)59(95)78-45(47(85)37-21-72-67(69)76-37)62(98)79-46(61(97)75-38(24-81)58(94)71-23-43(84)77-44)48(86)39-22-73-68(70)80(39)63-53(91)50(88)49(87)40(25-82)103-63/h3-18,20,28,36-42,44-57,63-66,81-83,85-93H,19,21-27H2,1-2H3,(H2,70,73)(H,71,94)(H,74,96)(H,75,97)(H,77,84)(H,78,95)(H,79,98)(H3,69,72,76). The highest BCUT2D eigenvalue weighted by molar-refractivity contribution is 5.98. The molecule has 0 saturated carbocycles. The lowest BCUT2D eigenvalue weighted by atomic mass is 9.92. The zero-order chi connectivity index (χ0) is 76.7. The summed E-state index contributed by atoms with van der Waals surface area (Å²) in [5.74, 6) is -7.36. The lowest BCUT2D eigenvalue weighted by Gasteiger charge is -2.48. The van der Waals surface area contributed by atoms with Gasteiger partial charge in [-0.15, -0.1) is 0 Å². The van der Waals surface area contributed by atoms with E-state index < -0.39 is 239 Å². The number of methoxy groups -OCH3 is 1. The Hall–Kier alpha value is -9.08. The highest BCUT2D eigenvalue weighted by Gasteiger charge is 2.55. The number of nitrogens with zero attached hydrogens (tertiary/aromatic N) is 3. The fourth-order valence-corrected chi connectivity index (χ4v) is 13.4. The van der Waals surface area contributed by atoms with Crippen molar-refractivity contribution in [1.29, 1.82) is 0 Å². The molecule has 26 atom stereocenters. The van der Waals surface area contributed by atoms with E-state index in [0.717, 1.165) is 4.90 Å². The molecule has 4 aromatic rings. The van der Waals surface area contributed by atoms with Crippen molar-refractivity contribution in [2.45, 2.75) is 172 Å². The van der Waals surface area contributed by atoms with Gasteiger partial charge < -0.3 is 157 Å². The molecular formula is C68H88N12O27. The zero-order valence-electron chi connectivity index (χ0n) is 57.5. The first-order valence-electron chi connectivity index (χ1n) is 34.3. The topological polar surface area (TPSA) is 592 Å². The van der Waals surface area contributed by atoms with Gasteiger partial charge in [0.1, 0.15) is 139 Å². The van der Waals surface area contributed by atoms with Crippen molar-refractivity contribution in [3.63, 3.8) is 0 Å². The Labute approximate surface area is 609 Å². The lowest BCUT2D eigenvalue weighted by Crippen LogP contribution is -2.70. The minimum Gasteiger partial charge on any atom is -0.497 e. The van der Waals surface area contributed by atoms with Crippen LogP contribution in [-0.2, 0) is 63.6 Å². The molecule has 5 saturated heterocycles. The minimum atomic E-state index is -2.35. The molecule has 0 aliphatic carbocycles. The van der Waals surface area contributed by atoms with E-state index in [1.807, 2.05) is 0 Å². The highest BCUT2D eigenvalue weighted by atomic mass is 16.8. The fraction of sp³-hybridized carbons (Fsp3) is 0.529. The van der Waals surface area contributed by atoms with Gasteiger partial charge in [0.05, 0.1) is 65.3 Å². The summed E-state index contributed by atoms with van der Waals surface area (Å²) < 4.78 is 53.0. The number of benzene rings is 4. The molecule has 0 bridgehead atoms. The maximum atomic E-state index is 15.2. The second-order valence-electron chi connectivity index (χ2n) is 26.5. The average molecular weight is 1510 g/mol. The van der Waals surface area contributed by atoms with Crippen molar-refractivity contribution in [2.75, 3.05) is 53.2 Å². The summed E-state index contributed by atoms with van der Waals surface area (Å²) in [5, 5.41) is 151. The van der Waals surface area contributed by atoms with Crippen LogP contribution in [0, 0.1) is 0 Å².